The number of halogens is 1. The Morgan fingerprint density at radius 3 is 2.55 bits per heavy atom. The Kier molecular flexibility index (Phi) is 5.56. The normalized spacial score (nSPS) is 11.0. The maximum atomic E-state index is 11.8. The molecule has 0 spiro atoms. The first-order chi connectivity index (χ1) is 9.25. The molecule has 0 radical (unpaired) electrons. The minimum absolute atomic E-state index is 0.0253. The standard InChI is InChI=1S/C14H19BrN2O3/c1-4-14(2,3)8-16-13(20)17-11-7-9(12(18)19)5-6-10(11)15/h5-7H,4,8H2,1-3H3,(H,18,19)(H2,16,17,20). The molecule has 0 aliphatic carbocycles. The largest absolute Gasteiger partial charge is 0.478 e. The first-order valence-corrected chi connectivity index (χ1v) is 7.12. The zero-order valence-electron chi connectivity index (χ0n) is 11.8. The molecule has 0 aliphatic heterocycles. The summed E-state index contributed by atoms with van der Waals surface area (Å²) in [5.74, 6) is -1.03. The van der Waals surface area contributed by atoms with E-state index in [0.29, 0.717) is 16.7 Å². The second-order valence-corrected chi connectivity index (χ2v) is 6.18. The van der Waals surface area contributed by atoms with Crippen molar-refractivity contribution in [3.05, 3.63) is 28.2 Å². The highest BCUT2D eigenvalue weighted by Crippen LogP contribution is 2.24. The second-order valence-electron chi connectivity index (χ2n) is 5.33. The van der Waals surface area contributed by atoms with Crippen molar-refractivity contribution in [1.29, 1.82) is 0 Å². The molecule has 0 aromatic heterocycles. The number of hydrogen-bond donors (Lipinski definition) is 3. The monoisotopic (exact) mass is 342 g/mol. The molecule has 5 nitrogen and oxygen atoms in total. The number of rotatable bonds is 5. The molecule has 0 unspecified atom stereocenters. The third-order valence-electron chi connectivity index (χ3n) is 3.15. The van der Waals surface area contributed by atoms with Crippen molar-refractivity contribution >= 4 is 33.6 Å². The van der Waals surface area contributed by atoms with E-state index >= 15 is 0 Å². The van der Waals surface area contributed by atoms with Crippen LogP contribution in [0.25, 0.3) is 0 Å². The number of benzene rings is 1. The number of nitrogens with one attached hydrogen (secondary N) is 2. The molecule has 1 aromatic rings. The molecule has 0 bridgehead atoms. The van der Waals surface area contributed by atoms with Gasteiger partial charge in [0, 0.05) is 11.0 Å². The lowest BCUT2D eigenvalue weighted by Crippen LogP contribution is -2.36. The number of amides is 2. The predicted octanol–water partition coefficient (Wildman–Crippen LogP) is 3.71. The van der Waals surface area contributed by atoms with Gasteiger partial charge in [-0.1, -0.05) is 20.8 Å². The van der Waals surface area contributed by atoms with Gasteiger partial charge in [0.25, 0.3) is 0 Å². The van der Waals surface area contributed by atoms with E-state index in [-0.39, 0.29) is 17.0 Å². The third-order valence-corrected chi connectivity index (χ3v) is 3.84. The van der Waals surface area contributed by atoms with Gasteiger partial charge >= 0.3 is 12.0 Å². The minimum Gasteiger partial charge on any atom is -0.478 e. The quantitative estimate of drug-likeness (QED) is 0.763. The van der Waals surface area contributed by atoms with Crippen molar-refractivity contribution in [3.8, 4) is 0 Å². The maximum absolute atomic E-state index is 11.8. The summed E-state index contributed by atoms with van der Waals surface area (Å²) in [5.41, 5.74) is 0.575. The molecular weight excluding hydrogens is 324 g/mol. The van der Waals surface area contributed by atoms with E-state index in [1.807, 2.05) is 0 Å². The average Bonchev–Trinajstić information content (AvgIpc) is 2.39. The smallest absolute Gasteiger partial charge is 0.335 e. The summed E-state index contributed by atoms with van der Waals surface area (Å²) in [4.78, 5) is 22.7. The van der Waals surface area contributed by atoms with E-state index in [1.54, 1.807) is 6.07 Å². The zero-order chi connectivity index (χ0) is 15.3. The summed E-state index contributed by atoms with van der Waals surface area (Å²) < 4.78 is 0.632. The van der Waals surface area contributed by atoms with E-state index in [0.717, 1.165) is 6.42 Å². The van der Waals surface area contributed by atoms with Crippen molar-refractivity contribution in [2.75, 3.05) is 11.9 Å². The Hall–Kier alpha value is -1.56. The van der Waals surface area contributed by atoms with Crippen LogP contribution in [-0.2, 0) is 0 Å². The number of carboxylic acid groups (broad SMARTS) is 1. The van der Waals surface area contributed by atoms with Crippen molar-refractivity contribution in [1.82, 2.24) is 5.32 Å². The lowest BCUT2D eigenvalue weighted by molar-refractivity contribution is 0.0697. The molecule has 1 rings (SSSR count). The van der Waals surface area contributed by atoms with Crippen LogP contribution in [0.1, 0.15) is 37.6 Å². The lowest BCUT2D eigenvalue weighted by Gasteiger charge is -2.23. The fraction of sp³-hybridized carbons (Fsp3) is 0.429. The Morgan fingerprint density at radius 1 is 1.35 bits per heavy atom. The van der Waals surface area contributed by atoms with E-state index in [2.05, 4.69) is 47.3 Å². The van der Waals surface area contributed by atoms with Crippen LogP contribution in [0.2, 0.25) is 0 Å². The molecule has 20 heavy (non-hydrogen) atoms. The molecule has 0 fully saturated rings. The van der Waals surface area contributed by atoms with Crippen LogP contribution in [-0.4, -0.2) is 23.7 Å². The number of carboxylic acids is 1. The van der Waals surface area contributed by atoms with Crippen molar-refractivity contribution in [2.45, 2.75) is 27.2 Å². The SMILES string of the molecule is CCC(C)(C)CNC(=O)Nc1cc(C(=O)O)ccc1Br. The van der Waals surface area contributed by atoms with Crippen LogP contribution in [0.15, 0.2) is 22.7 Å². The van der Waals surface area contributed by atoms with E-state index in [9.17, 15) is 9.59 Å². The van der Waals surface area contributed by atoms with Crippen LogP contribution in [0.5, 0.6) is 0 Å². The second kappa shape index (κ2) is 6.74. The number of carbonyl (C=O) groups excluding carboxylic acids is 1. The van der Waals surface area contributed by atoms with Gasteiger partial charge in [0.1, 0.15) is 0 Å². The summed E-state index contributed by atoms with van der Waals surface area (Å²) in [6, 6.07) is 4.12. The topological polar surface area (TPSA) is 78.4 Å². The van der Waals surface area contributed by atoms with E-state index in [1.165, 1.54) is 12.1 Å². The van der Waals surface area contributed by atoms with Gasteiger partial charge in [-0.15, -0.1) is 0 Å². The molecule has 3 N–H and O–H groups in total. The minimum atomic E-state index is -1.03. The van der Waals surface area contributed by atoms with E-state index in [4.69, 9.17) is 5.11 Å². The van der Waals surface area contributed by atoms with Gasteiger partial charge in [0.2, 0.25) is 0 Å². The molecule has 2 amide bonds. The molecule has 0 atom stereocenters. The summed E-state index contributed by atoms with van der Waals surface area (Å²) in [5, 5.41) is 14.4. The lowest BCUT2D eigenvalue weighted by atomic mass is 9.90. The Morgan fingerprint density at radius 2 is 2.00 bits per heavy atom. The van der Waals surface area contributed by atoms with Gasteiger partial charge in [-0.3, -0.25) is 0 Å². The van der Waals surface area contributed by atoms with Crippen LogP contribution in [0, 0.1) is 5.41 Å². The van der Waals surface area contributed by atoms with Gasteiger partial charge in [-0.25, -0.2) is 9.59 Å². The van der Waals surface area contributed by atoms with Crippen LogP contribution in [0.3, 0.4) is 0 Å². The molecule has 0 aliphatic rings. The number of carbonyl (C=O) groups is 2. The Labute approximate surface area is 126 Å². The van der Waals surface area contributed by atoms with Crippen LogP contribution in [0.4, 0.5) is 10.5 Å². The van der Waals surface area contributed by atoms with Crippen molar-refractivity contribution < 1.29 is 14.7 Å². The van der Waals surface area contributed by atoms with Gasteiger partial charge in [-0.05, 0) is 46.0 Å². The fourth-order valence-corrected chi connectivity index (χ4v) is 1.71. The predicted molar refractivity (Wildman–Crippen MR) is 82.2 cm³/mol. The molecule has 0 saturated heterocycles. The first kappa shape index (κ1) is 16.5. The maximum Gasteiger partial charge on any atom is 0.335 e. The number of aromatic carboxylic acids is 1. The average molecular weight is 343 g/mol. The summed E-state index contributed by atoms with van der Waals surface area (Å²) in [6.45, 7) is 6.74. The number of anilines is 1. The van der Waals surface area contributed by atoms with Crippen LogP contribution >= 0.6 is 15.9 Å². The summed E-state index contributed by atoms with van der Waals surface area (Å²) in [7, 11) is 0. The van der Waals surface area contributed by atoms with Gasteiger partial charge < -0.3 is 15.7 Å². The van der Waals surface area contributed by atoms with Crippen molar-refractivity contribution in [3.63, 3.8) is 0 Å². The Bertz CT molecular complexity index is 515. The third kappa shape index (κ3) is 4.85. The summed E-state index contributed by atoms with van der Waals surface area (Å²) >= 11 is 3.28. The highest BCUT2D eigenvalue weighted by atomic mass is 79.9. The number of urea groups is 1. The van der Waals surface area contributed by atoms with Gasteiger partial charge in [-0.2, -0.15) is 0 Å². The van der Waals surface area contributed by atoms with Gasteiger partial charge in [0.15, 0.2) is 0 Å². The Balaban J connectivity index is 2.71. The molecular formula is C14H19BrN2O3. The zero-order valence-corrected chi connectivity index (χ0v) is 13.4. The number of hydrogen-bond acceptors (Lipinski definition) is 2. The van der Waals surface area contributed by atoms with E-state index < -0.39 is 5.97 Å². The molecule has 1 aromatic carbocycles. The summed E-state index contributed by atoms with van der Waals surface area (Å²) in [6.07, 6.45) is 0.950. The van der Waals surface area contributed by atoms with Crippen LogP contribution < -0.4 is 10.6 Å². The first-order valence-electron chi connectivity index (χ1n) is 6.33. The highest BCUT2D eigenvalue weighted by Gasteiger charge is 2.16. The molecule has 0 heterocycles. The van der Waals surface area contributed by atoms with Gasteiger partial charge in [0.05, 0.1) is 11.3 Å². The highest BCUT2D eigenvalue weighted by molar-refractivity contribution is 9.10. The van der Waals surface area contributed by atoms with Crippen molar-refractivity contribution in [2.24, 2.45) is 5.41 Å². The molecule has 0 saturated carbocycles. The molecule has 6 heteroatoms. The molecule has 110 valence electrons. The fourth-order valence-electron chi connectivity index (χ4n) is 1.37.